The number of halogens is 5. The fourth-order valence-electron chi connectivity index (χ4n) is 1.31. The van der Waals surface area contributed by atoms with Crippen molar-refractivity contribution in [3.05, 3.63) is 45.1 Å². The summed E-state index contributed by atoms with van der Waals surface area (Å²) in [5.41, 5.74) is -0.255. The third-order valence-electron chi connectivity index (χ3n) is 1.96. The van der Waals surface area contributed by atoms with Crippen LogP contribution in [0.4, 0.5) is 4.39 Å². The van der Waals surface area contributed by atoms with Crippen molar-refractivity contribution in [3.63, 3.8) is 0 Å². The molecule has 1 aromatic carbocycles. The molecule has 0 spiro atoms. The number of benzene rings is 1. The zero-order valence-corrected chi connectivity index (χ0v) is 12.7. The molecule has 0 radical (unpaired) electrons. The van der Waals surface area contributed by atoms with Gasteiger partial charge in [-0.05, 0) is 18.2 Å². The van der Waals surface area contributed by atoms with Gasteiger partial charge in [-0.25, -0.2) is 9.36 Å². The van der Waals surface area contributed by atoms with Crippen LogP contribution in [0.25, 0.3) is 5.69 Å². The van der Waals surface area contributed by atoms with Crippen LogP contribution in [-0.2, 0) is 0 Å². The highest BCUT2D eigenvalue weighted by Crippen LogP contribution is 2.35. The maximum Gasteiger partial charge on any atom is 0.361 e. The fourth-order valence-corrected chi connectivity index (χ4v) is 2.66. The van der Waals surface area contributed by atoms with E-state index in [2.05, 4.69) is 5.10 Å². The molecule has 0 aliphatic carbocycles. The van der Waals surface area contributed by atoms with Gasteiger partial charge in [-0.3, -0.25) is 0 Å². The first-order chi connectivity index (χ1) is 8.76. The molecule has 2 rings (SSSR count). The zero-order valence-electron chi connectivity index (χ0n) is 8.86. The minimum absolute atomic E-state index is 0.222. The Hall–Kier alpha value is -0.400. The first-order valence-corrected chi connectivity index (χ1v) is 6.94. The third-order valence-corrected chi connectivity index (χ3v) is 3.44. The van der Waals surface area contributed by atoms with E-state index in [1.54, 1.807) is 0 Å². The molecule has 2 aromatic rings. The number of alkyl halides is 3. The molecule has 1 heterocycles. The quantitative estimate of drug-likeness (QED) is 0.777. The van der Waals surface area contributed by atoms with Crippen molar-refractivity contribution in [2.24, 2.45) is 0 Å². The van der Waals surface area contributed by atoms with Crippen molar-refractivity contribution in [1.82, 2.24) is 13.8 Å². The summed E-state index contributed by atoms with van der Waals surface area (Å²) in [4.78, 5) is 11.9. The van der Waals surface area contributed by atoms with Gasteiger partial charge in [0.1, 0.15) is 6.33 Å². The summed E-state index contributed by atoms with van der Waals surface area (Å²) in [6.45, 7) is 0. The third kappa shape index (κ3) is 3.79. The second-order valence-electron chi connectivity index (χ2n) is 3.32. The highest BCUT2D eigenvalue weighted by molar-refractivity contribution is 8.01. The van der Waals surface area contributed by atoms with E-state index in [-0.39, 0.29) is 11.9 Å². The molecule has 0 unspecified atom stereocenters. The molecule has 19 heavy (non-hydrogen) atoms. The van der Waals surface area contributed by atoms with Crippen LogP contribution in [0.2, 0.25) is 10.0 Å². The summed E-state index contributed by atoms with van der Waals surface area (Å²) in [6, 6.07) is 4.53. The van der Waals surface area contributed by atoms with Crippen molar-refractivity contribution in [1.29, 1.82) is 0 Å². The van der Waals surface area contributed by atoms with E-state index in [1.807, 2.05) is 0 Å². The Morgan fingerprint density at radius 1 is 1.21 bits per heavy atom. The molecule has 0 fully saturated rings. The Morgan fingerprint density at radius 3 is 2.32 bits per heavy atom. The maximum atomic E-state index is 13.0. The normalized spacial score (nSPS) is 11.8. The average molecular weight is 363 g/mol. The second-order valence-corrected chi connectivity index (χ2v) is 6.97. The van der Waals surface area contributed by atoms with Gasteiger partial charge in [0.05, 0.1) is 17.6 Å². The first-order valence-electron chi connectivity index (χ1n) is 4.66. The van der Waals surface area contributed by atoms with Gasteiger partial charge < -0.3 is 0 Å². The lowest BCUT2D eigenvalue weighted by Crippen LogP contribution is -2.22. The molecule has 1 aromatic heterocycles. The maximum absolute atomic E-state index is 13.0. The molecular formula is C9H4Cl4FN3OS. The van der Waals surface area contributed by atoms with Crippen molar-refractivity contribution < 1.29 is 4.39 Å². The topological polar surface area (TPSA) is 39.8 Å². The molecule has 0 saturated carbocycles. The molecule has 10 heteroatoms. The molecule has 0 aliphatic rings. The number of hydrogen-bond acceptors (Lipinski definition) is 3. The average Bonchev–Trinajstić information content (AvgIpc) is 2.56. The molecular weight excluding hydrogens is 359 g/mol. The highest BCUT2D eigenvalue weighted by atomic mass is 35.5. The van der Waals surface area contributed by atoms with Crippen LogP contribution in [-0.4, -0.2) is 17.7 Å². The van der Waals surface area contributed by atoms with E-state index in [4.69, 9.17) is 46.4 Å². The van der Waals surface area contributed by atoms with Gasteiger partial charge in [0.25, 0.3) is 0 Å². The minimum atomic E-state index is -2.66. The Bertz CT molecular complexity index is 646. The van der Waals surface area contributed by atoms with Gasteiger partial charge in [-0.15, -0.1) is 9.19 Å². The largest absolute Gasteiger partial charge is 0.361 e. The zero-order chi connectivity index (χ0) is 14.2. The lowest BCUT2D eigenvalue weighted by molar-refractivity contribution is 0.513. The number of nitrogens with zero attached hydrogens (tertiary/aromatic N) is 3. The van der Waals surface area contributed by atoms with Gasteiger partial charge in [0, 0.05) is 10.0 Å². The Morgan fingerprint density at radius 2 is 1.79 bits per heavy atom. The molecule has 0 aliphatic heterocycles. The molecule has 0 atom stereocenters. The van der Waals surface area contributed by atoms with Crippen LogP contribution >= 0.6 is 58.4 Å². The predicted octanol–water partition coefficient (Wildman–Crippen LogP) is 3.90. The van der Waals surface area contributed by atoms with E-state index >= 15 is 0 Å². The van der Waals surface area contributed by atoms with Crippen LogP contribution in [0.1, 0.15) is 0 Å². The standard InChI is InChI=1S/C9H4Cl4FN3OS/c10-5-1-6(11)3-7(2-5)16-4-15-17(8(16)18)19-9(12,13)14/h1-4H. The number of rotatable bonds is 3. The van der Waals surface area contributed by atoms with Gasteiger partial charge >= 0.3 is 9.61 Å². The van der Waals surface area contributed by atoms with Crippen LogP contribution in [0.5, 0.6) is 0 Å². The van der Waals surface area contributed by atoms with E-state index in [1.165, 1.54) is 24.5 Å². The van der Waals surface area contributed by atoms with Crippen LogP contribution < -0.4 is 5.69 Å². The predicted molar refractivity (Wildman–Crippen MR) is 76.4 cm³/mol. The fraction of sp³-hybridized carbons (Fsp3) is 0.111. The molecule has 102 valence electrons. The van der Waals surface area contributed by atoms with Gasteiger partial charge in [-0.2, -0.15) is 4.39 Å². The minimum Gasteiger partial charge on any atom is -0.249 e. The number of hydrogen-bond donors (Lipinski definition) is 0. The van der Waals surface area contributed by atoms with Crippen molar-refractivity contribution in [3.8, 4) is 5.69 Å². The summed E-state index contributed by atoms with van der Waals surface area (Å²) in [7, 11) is 0. The first kappa shape index (κ1) is 15.0. The molecule has 4 nitrogen and oxygen atoms in total. The molecule has 0 amide bonds. The smallest absolute Gasteiger partial charge is 0.249 e. The van der Waals surface area contributed by atoms with Crippen LogP contribution in [0.3, 0.4) is 0 Å². The number of aromatic nitrogens is 3. The Labute approximate surface area is 131 Å². The Balaban J connectivity index is 2.45. The van der Waals surface area contributed by atoms with Gasteiger partial charge in [0.2, 0.25) is 0 Å². The van der Waals surface area contributed by atoms with E-state index in [0.717, 1.165) is 8.65 Å². The molecule has 0 N–H and O–H groups in total. The van der Waals surface area contributed by atoms with Gasteiger partial charge in [-0.1, -0.05) is 46.4 Å². The monoisotopic (exact) mass is 361 g/mol. The summed E-state index contributed by atoms with van der Waals surface area (Å²) in [6.07, 6.45) is 1.18. The van der Waals surface area contributed by atoms with Crippen molar-refractivity contribution in [2.45, 2.75) is 3.92 Å². The highest BCUT2D eigenvalue weighted by Gasteiger charge is 2.27. The van der Waals surface area contributed by atoms with E-state index in [9.17, 15) is 9.18 Å². The molecule has 0 saturated heterocycles. The lowest BCUT2D eigenvalue weighted by Gasteiger charge is -2.05. The second kappa shape index (κ2) is 5.54. The summed E-state index contributed by atoms with van der Waals surface area (Å²) >= 11 is 22.2. The summed E-state index contributed by atoms with van der Waals surface area (Å²) < 4.78 is 12.2. The van der Waals surface area contributed by atoms with Gasteiger partial charge in [0.15, 0.2) is 0 Å². The van der Waals surface area contributed by atoms with E-state index in [0.29, 0.717) is 15.7 Å². The van der Waals surface area contributed by atoms with Crippen molar-refractivity contribution >= 4 is 58.4 Å². The summed E-state index contributed by atoms with van der Waals surface area (Å²) in [5, 5.41) is 4.37. The molecule has 0 bridgehead atoms. The lowest BCUT2D eigenvalue weighted by atomic mass is 10.3. The SMILES string of the molecule is O=c1n(-c2cc(Cl)cc(Cl)c2)cnn1SC(F)(Cl)Cl. The van der Waals surface area contributed by atoms with Crippen LogP contribution in [0.15, 0.2) is 29.3 Å². The summed E-state index contributed by atoms with van der Waals surface area (Å²) in [5.74, 6) is 0. The van der Waals surface area contributed by atoms with Crippen molar-refractivity contribution in [2.75, 3.05) is 0 Å². The van der Waals surface area contributed by atoms with Crippen LogP contribution in [0, 0.1) is 0 Å². The Kier molecular flexibility index (Phi) is 4.37. The van der Waals surface area contributed by atoms with E-state index < -0.39 is 9.61 Å².